The smallest absolute Gasteiger partial charge is 0.291 e. The minimum Gasteiger partial charge on any atom is -0.380 e. The molecule has 3 aliphatic rings. The third-order valence-corrected chi connectivity index (χ3v) is 9.50. The van der Waals surface area contributed by atoms with Crippen LogP contribution in [-0.2, 0) is 14.8 Å². The van der Waals surface area contributed by atoms with Gasteiger partial charge in [-0.25, -0.2) is 26.3 Å². The summed E-state index contributed by atoms with van der Waals surface area (Å²) in [4.78, 5) is 1.95. The molecule has 2 saturated heterocycles. The first-order valence-corrected chi connectivity index (χ1v) is 13.5. The number of piperidine rings is 1. The largest absolute Gasteiger partial charge is 0.380 e. The van der Waals surface area contributed by atoms with E-state index in [9.17, 15) is 21.6 Å². The molecule has 1 aliphatic carbocycles. The Kier molecular flexibility index (Phi) is 5.32. The zero-order valence-corrected chi connectivity index (χ0v) is 20.1. The predicted octanol–water partition coefficient (Wildman–Crippen LogP) is 2.58. The number of rotatable bonds is 7. The van der Waals surface area contributed by atoms with Gasteiger partial charge in [-0.2, -0.15) is 0 Å². The van der Waals surface area contributed by atoms with Crippen LogP contribution in [0, 0.1) is 5.41 Å². The van der Waals surface area contributed by atoms with Gasteiger partial charge in [0, 0.05) is 24.7 Å². The van der Waals surface area contributed by atoms with Gasteiger partial charge in [0.1, 0.15) is 11.6 Å². The van der Waals surface area contributed by atoms with Gasteiger partial charge in [0.15, 0.2) is 21.5 Å². The fourth-order valence-electron chi connectivity index (χ4n) is 4.55. The van der Waals surface area contributed by atoms with Crippen molar-refractivity contribution in [2.45, 2.75) is 42.5 Å². The number of hydrogen-bond donors (Lipinski definition) is 1. The molecule has 3 fully saturated rings. The van der Waals surface area contributed by atoms with Gasteiger partial charge in [-0.3, -0.25) is 4.40 Å². The van der Waals surface area contributed by atoms with E-state index in [-0.39, 0.29) is 21.1 Å². The summed E-state index contributed by atoms with van der Waals surface area (Å²) >= 11 is 0.665. The van der Waals surface area contributed by atoms with Gasteiger partial charge >= 0.3 is 0 Å². The van der Waals surface area contributed by atoms with Gasteiger partial charge in [-0.05, 0) is 31.7 Å². The first kappa shape index (κ1) is 23.1. The Labute approximate surface area is 202 Å². The van der Waals surface area contributed by atoms with Crippen LogP contribution in [0.5, 0.6) is 0 Å². The van der Waals surface area contributed by atoms with E-state index >= 15 is 0 Å². The third-order valence-electron chi connectivity index (χ3n) is 7.03. The number of hydrogen-bond acceptors (Lipinski definition) is 9. The number of halogens is 3. The van der Waals surface area contributed by atoms with Crippen molar-refractivity contribution in [2.24, 2.45) is 5.41 Å². The minimum atomic E-state index is -4.09. The zero-order valence-electron chi connectivity index (χ0n) is 18.5. The van der Waals surface area contributed by atoms with E-state index in [1.807, 2.05) is 4.90 Å². The number of aromatic nitrogens is 5. The van der Waals surface area contributed by atoms with Crippen molar-refractivity contribution in [3.05, 3.63) is 17.3 Å². The number of anilines is 1. The summed E-state index contributed by atoms with van der Waals surface area (Å²) in [5.74, 6) is 0.107. The number of pyridine rings is 1. The molecule has 1 N–H and O–H groups in total. The highest BCUT2D eigenvalue weighted by Crippen LogP contribution is 2.41. The molecule has 0 unspecified atom stereocenters. The van der Waals surface area contributed by atoms with E-state index < -0.39 is 33.7 Å². The first-order chi connectivity index (χ1) is 16.7. The van der Waals surface area contributed by atoms with Crippen LogP contribution in [-0.4, -0.2) is 71.7 Å². The Bertz CT molecular complexity index is 1380. The maximum Gasteiger partial charge on any atom is 0.291 e. The summed E-state index contributed by atoms with van der Waals surface area (Å²) in [6, 6.07) is 1.52. The highest BCUT2D eigenvalue weighted by molar-refractivity contribution is 7.89. The van der Waals surface area contributed by atoms with Crippen LogP contribution in [0.3, 0.4) is 0 Å². The molecular weight excluding hydrogens is 507 g/mol. The predicted molar refractivity (Wildman–Crippen MR) is 120 cm³/mol. The molecule has 10 nitrogen and oxygen atoms in total. The average Bonchev–Trinajstić information content (AvgIpc) is 3.21. The first-order valence-electron chi connectivity index (χ1n) is 11.2. The second kappa shape index (κ2) is 8.08. The molecule has 1 spiro atoms. The van der Waals surface area contributed by atoms with Crippen LogP contribution >= 0.6 is 11.3 Å². The molecule has 0 aromatic carbocycles. The van der Waals surface area contributed by atoms with Crippen LogP contribution in [0.4, 0.5) is 18.9 Å². The Morgan fingerprint density at radius 2 is 1.86 bits per heavy atom. The van der Waals surface area contributed by atoms with Crippen molar-refractivity contribution in [2.75, 3.05) is 37.9 Å². The summed E-state index contributed by atoms with van der Waals surface area (Å²) in [6.07, 6.45) is 1.14. The highest BCUT2D eigenvalue weighted by Gasteiger charge is 2.47. The van der Waals surface area contributed by atoms with Crippen LogP contribution in [0.2, 0.25) is 0 Å². The van der Waals surface area contributed by atoms with Crippen LogP contribution in [0.25, 0.3) is 16.5 Å². The Morgan fingerprint density at radius 3 is 2.43 bits per heavy atom. The molecule has 5 heterocycles. The second-order valence-corrected chi connectivity index (χ2v) is 12.2. The molecule has 0 bridgehead atoms. The maximum atomic E-state index is 13.5. The van der Waals surface area contributed by atoms with E-state index in [1.165, 1.54) is 16.7 Å². The second-order valence-electron chi connectivity index (χ2n) is 9.52. The number of nitrogens with one attached hydrogen (secondary N) is 1. The quantitative estimate of drug-likeness (QED) is 0.497. The fourth-order valence-corrected chi connectivity index (χ4v) is 6.69. The number of alkyl halides is 3. The molecule has 15 heteroatoms. The lowest BCUT2D eigenvalue weighted by atomic mass is 9.77. The van der Waals surface area contributed by atoms with Gasteiger partial charge in [-0.15, -0.1) is 20.4 Å². The molecule has 3 aromatic rings. The maximum absolute atomic E-state index is 13.5. The van der Waals surface area contributed by atoms with E-state index in [0.717, 1.165) is 26.1 Å². The van der Waals surface area contributed by atoms with E-state index in [0.29, 0.717) is 48.6 Å². The van der Waals surface area contributed by atoms with Crippen LogP contribution in [0.15, 0.2) is 17.2 Å². The van der Waals surface area contributed by atoms with Crippen molar-refractivity contribution in [3.8, 4) is 10.8 Å². The van der Waals surface area contributed by atoms with E-state index in [4.69, 9.17) is 4.74 Å². The topological polar surface area (TPSA) is 115 Å². The Balaban J connectivity index is 1.44. The average molecular weight is 530 g/mol. The molecule has 0 radical (unpaired) electrons. The molecule has 188 valence electrons. The normalized spacial score (nSPS) is 21.1. The molecule has 35 heavy (non-hydrogen) atoms. The summed E-state index contributed by atoms with van der Waals surface area (Å²) in [6.45, 7) is 1.98. The van der Waals surface area contributed by atoms with Crippen LogP contribution < -0.4 is 9.62 Å². The highest BCUT2D eigenvalue weighted by atomic mass is 32.2. The standard InChI is InChI=1S/C20H22F3N7O3S2/c21-9-20(1-2-20)28-35(31,32)12-7-13(29-5-3-19(4-6-29)10-33-11-19)15-24-25-16(30(15)8-12)18-27-26-17(34-18)14(22)23/h7-8,14,28H,1-6,9-11H2. The van der Waals surface area contributed by atoms with Gasteiger partial charge in [-0.1, -0.05) is 11.3 Å². The monoisotopic (exact) mass is 529 g/mol. The fraction of sp³-hybridized carbons (Fsp3) is 0.600. The lowest BCUT2D eigenvalue weighted by Crippen LogP contribution is -2.51. The molecular formula is C20H22F3N7O3S2. The SMILES string of the molecule is O=S(=O)(NC1(CF)CC1)c1cc(N2CCC3(CC2)COC3)c2nnc(-c3nnc(C(F)F)s3)n2c1. The van der Waals surface area contributed by atoms with Gasteiger partial charge in [0.25, 0.3) is 6.43 Å². The number of nitrogens with zero attached hydrogens (tertiary/aromatic N) is 6. The van der Waals surface area contributed by atoms with Gasteiger partial charge in [0.05, 0.1) is 24.4 Å². The van der Waals surface area contributed by atoms with Crippen molar-refractivity contribution >= 4 is 32.7 Å². The van der Waals surface area contributed by atoms with Crippen molar-refractivity contribution < 1.29 is 26.3 Å². The van der Waals surface area contributed by atoms with Crippen molar-refractivity contribution in [1.29, 1.82) is 0 Å². The molecule has 0 amide bonds. The molecule has 6 rings (SSSR count). The lowest BCUT2D eigenvalue weighted by Gasteiger charge is -2.47. The number of ether oxygens (including phenoxy) is 1. The zero-order chi connectivity index (χ0) is 24.4. The van der Waals surface area contributed by atoms with Crippen LogP contribution in [0.1, 0.15) is 37.1 Å². The third kappa shape index (κ3) is 3.97. The van der Waals surface area contributed by atoms with E-state index in [2.05, 4.69) is 25.1 Å². The van der Waals surface area contributed by atoms with E-state index in [1.54, 1.807) is 0 Å². The molecule has 1 saturated carbocycles. The number of fused-ring (bicyclic) bond motifs is 1. The summed E-state index contributed by atoms with van der Waals surface area (Å²) < 4.78 is 75.5. The van der Waals surface area contributed by atoms with Crippen molar-refractivity contribution in [3.63, 3.8) is 0 Å². The minimum absolute atomic E-state index is 0.0906. The summed E-state index contributed by atoms with van der Waals surface area (Å²) in [5.41, 5.74) is 0.0108. The molecule has 2 aliphatic heterocycles. The summed E-state index contributed by atoms with van der Waals surface area (Å²) in [7, 11) is -4.09. The molecule has 0 atom stereocenters. The lowest BCUT2D eigenvalue weighted by molar-refractivity contribution is -0.124. The van der Waals surface area contributed by atoms with Gasteiger partial charge < -0.3 is 9.64 Å². The summed E-state index contributed by atoms with van der Waals surface area (Å²) in [5, 5.41) is 15.3. The Hall–Kier alpha value is -2.36. The van der Waals surface area contributed by atoms with Crippen molar-refractivity contribution in [1.82, 2.24) is 29.5 Å². The number of sulfonamides is 1. The Morgan fingerprint density at radius 1 is 1.11 bits per heavy atom. The molecule has 3 aromatic heterocycles. The van der Waals surface area contributed by atoms with Gasteiger partial charge in [0.2, 0.25) is 10.0 Å².